The molecule has 46 heavy (non-hydrogen) atoms. The molecule has 1 aromatic carbocycles. The van der Waals surface area contributed by atoms with Crippen molar-refractivity contribution < 1.29 is 28.3 Å². The number of aromatic nitrogens is 3. The molecule has 3 fully saturated rings. The maximum absolute atomic E-state index is 15.1. The molecule has 2 saturated carbocycles. The number of aryl methyl sites for hydroxylation is 1. The van der Waals surface area contributed by atoms with Gasteiger partial charge in [-0.3, -0.25) is 14.7 Å². The van der Waals surface area contributed by atoms with E-state index >= 15 is 4.39 Å². The quantitative estimate of drug-likeness (QED) is 0.218. The van der Waals surface area contributed by atoms with E-state index in [4.69, 9.17) is 25.6 Å². The molecule has 1 saturated heterocycles. The van der Waals surface area contributed by atoms with Crippen molar-refractivity contribution in [3.8, 4) is 11.3 Å². The molecular formula is C33H37ClFN5O5S. The highest BCUT2D eigenvalue weighted by Gasteiger charge is 2.39. The van der Waals surface area contributed by atoms with Crippen molar-refractivity contribution in [1.82, 2.24) is 25.3 Å². The molecule has 2 aliphatic carbocycles. The topological polar surface area (TPSA) is 123 Å². The lowest BCUT2D eigenvalue weighted by atomic mass is 9.83. The summed E-state index contributed by atoms with van der Waals surface area (Å²) in [6.45, 7) is 6.51. The van der Waals surface area contributed by atoms with Gasteiger partial charge in [0.1, 0.15) is 27.6 Å². The molecule has 3 aliphatic rings. The van der Waals surface area contributed by atoms with Gasteiger partial charge in [0.15, 0.2) is 5.82 Å². The molecule has 1 aliphatic heterocycles. The lowest BCUT2D eigenvalue weighted by Crippen LogP contribution is -2.41. The van der Waals surface area contributed by atoms with Crippen LogP contribution in [0, 0.1) is 12.7 Å². The number of benzene rings is 1. The summed E-state index contributed by atoms with van der Waals surface area (Å²) < 4.78 is 33.2. The molecule has 7 rings (SSSR count). The van der Waals surface area contributed by atoms with Crippen molar-refractivity contribution >= 4 is 39.1 Å². The van der Waals surface area contributed by atoms with Crippen molar-refractivity contribution in [2.24, 2.45) is 0 Å². The number of hydrogen-bond acceptors (Lipinski definition) is 10. The minimum Gasteiger partial charge on any atom is -0.383 e. The first-order chi connectivity index (χ1) is 22.3. The zero-order valence-corrected chi connectivity index (χ0v) is 27.3. The van der Waals surface area contributed by atoms with E-state index in [1.54, 1.807) is 18.5 Å². The molecule has 2 N–H and O–H groups in total. The Morgan fingerprint density at radius 3 is 2.74 bits per heavy atom. The monoisotopic (exact) mass is 669 g/mol. The molecule has 13 heteroatoms. The average molecular weight is 670 g/mol. The second-order valence-corrected chi connectivity index (χ2v) is 14.0. The van der Waals surface area contributed by atoms with Crippen LogP contribution in [0.2, 0.25) is 5.02 Å². The number of morpholine rings is 1. The highest BCUT2D eigenvalue weighted by Crippen LogP contribution is 2.46. The fourth-order valence-corrected chi connectivity index (χ4v) is 7.84. The number of nitrogens with one attached hydrogen (secondary N) is 1. The Bertz CT molecular complexity index is 1710. The lowest BCUT2D eigenvalue weighted by molar-refractivity contribution is -0.0641. The highest BCUT2D eigenvalue weighted by molar-refractivity contribution is 7.18. The number of amides is 1. The Hall–Kier alpha value is -3.00. The Balaban J connectivity index is 0.995. The Morgan fingerprint density at radius 2 is 2.00 bits per heavy atom. The van der Waals surface area contributed by atoms with Crippen LogP contribution in [-0.4, -0.2) is 76.5 Å². The van der Waals surface area contributed by atoms with Crippen LogP contribution >= 0.6 is 22.9 Å². The molecule has 10 nitrogen and oxygen atoms in total. The summed E-state index contributed by atoms with van der Waals surface area (Å²) in [5.41, 5.74) is 2.56. The third-order valence-electron chi connectivity index (χ3n) is 9.24. The van der Waals surface area contributed by atoms with Crippen molar-refractivity contribution in [1.29, 1.82) is 0 Å². The van der Waals surface area contributed by atoms with Gasteiger partial charge in [0.2, 0.25) is 0 Å². The van der Waals surface area contributed by atoms with Crippen molar-refractivity contribution in [3.63, 3.8) is 0 Å². The maximum Gasteiger partial charge on any atom is 0.251 e. The van der Waals surface area contributed by atoms with Gasteiger partial charge >= 0.3 is 0 Å². The standard InChI is InChI=1S/C33H37ClFN5O5S/c1-19-16-36-17-24(34)27(19)28-23(30(45-39-28)20-2-3-20)18-44-22-4-6-33(42,7-5-22)32-38-29-25(35)14-21(15-26(29)46-32)31(41)37-8-9-40-10-12-43-13-11-40/h14-17,20,22,42H,2-13,18H2,1H3,(H,37,41). The number of carbonyl (C=O) groups excluding carboxylic acids is 1. The van der Waals surface area contributed by atoms with Gasteiger partial charge in [0.25, 0.3) is 5.91 Å². The minimum absolute atomic E-state index is 0.0806. The van der Waals surface area contributed by atoms with E-state index in [1.807, 2.05) is 6.92 Å². The fraction of sp³-hybridized carbons (Fsp3) is 0.515. The normalized spacial score (nSPS) is 22.4. The molecule has 4 aromatic rings. The summed E-state index contributed by atoms with van der Waals surface area (Å²) in [6, 6.07) is 2.88. The molecule has 0 spiro atoms. The highest BCUT2D eigenvalue weighted by atomic mass is 35.5. The fourth-order valence-electron chi connectivity index (χ4n) is 6.38. The van der Waals surface area contributed by atoms with Crippen molar-refractivity contribution in [2.45, 2.75) is 69.7 Å². The Kier molecular flexibility index (Phi) is 9.10. The smallest absolute Gasteiger partial charge is 0.251 e. The molecule has 0 atom stereocenters. The summed E-state index contributed by atoms with van der Waals surface area (Å²) in [7, 11) is 0. The van der Waals surface area contributed by atoms with Crippen LogP contribution < -0.4 is 5.32 Å². The van der Waals surface area contributed by atoms with Gasteiger partial charge in [-0.2, -0.15) is 0 Å². The lowest BCUT2D eigenvalue weighted by Gasteiger charge is -2.34. The number of pyridine rings is 1. The molecule has 0 radical (unpaired) electrons. The summed E-state index contributed by atoms with van der Waals surface area (Å²) in [5, 5.41) is 19.9. The summed E-state index contributed by atoms with van der Waals surface area (Å²) in [6.07, 6.45) is 7.49. The number of halogens is 2. The van der Waals surface area contributed by atoms with E-state index in [0.29, 0.717) is 84.9 Å². The second kappa shape index (κ2) is 13.2. The van der Waals surface area contributed by atoms with Crippen molar-refractivity contribution in [2.75, 3.05) is 39.4 Å². The van der Waals surface area contributed by atoms with Gasteiger partial charge in [-0.05, 0) is 63.1 Å². The van der Waals surface area contributed by atoms with Crippen LogP contribution in [0.3, 0.4) is 0 Å². The number of thiazole rings is 1. The predicted molar refractivity (Wildman–Crippen MR) is 172 cm³/mol. The van der Waals surface area contributed by atoms with E-state index < -0.39 is 11.4 Å². The third kappa shape index (κ3) is 6.56. The zero-order chi connectivity index (χ0) is 31.8. The molecule has 0 bridgehead atoms. The van der Waals surface area contributed by atoms with E-state index in [0.717, 1.165) is 48.4 Å². The first-order valence-corrected chi connectivity index (χ1v) is 17.1. The molecule has 0 unspecified atom stereocenters. The van der Waals surface area contributed by atoms with Gasteiger partial charge in [-0.1, -0.05) is 16.8 Å². The van der Waals surface area contributed by atoms with Crippen LogP contribution in [0.1, 0.15) is 76.7 Å². The molecular weight excluding hydrogens is 633 g/mol. The number of rotatable bonds is 10. The SMILES string of the molecule is Cc1cncc(Cl)c1-c1noc(C2CC2)c1COC1CCC(O)(c2nc3c(F)cc(C(=O)NCCN4CCOCC4)cc3s2)CC1. The van der Waals surface area contributed by atoms with Gasteiger partial charge in [0, 0.05) is 61.2 Å². The molecule has 4 heterocycles. The van der Waals surface area contributed by atoms with E-state index in [-0.39, 0.29) is 23.1 Å². The van der Waals surface area contributed by atoms with Crippen LogP contribution in [0.15, 0.2) is 29.0 Å². The maximum atomic E-state index is 15.1. The zero-order valence-electron chi connectivity index (χ0n) is 25.7. The molecule has 3 aromatic heterocycles. The first kappa shape index (κ1) is 31.6. The Labute approximate surface area is 275 Å². The second-order valence-electron chi connectivity index (χ2n) is 12.5. The van der Waals surface area contributed by atoms with Crippen LogP contribution in [0.5, 0.6) is 0 Å². The van der Waals surface area contributed by atoms with E-state index in [2.05, 4.69) is 25.3 Å². The van der Waals surface area contributed by atoms with Crippen LogP contribution in [0.4, 0.5) is 4.39 Å². The number of nitrogens with zero attached hydrogens (tertiary/aromatic N) is 4. The third-order valence-corrected chi connectivity index (χ3v) is 10.7. The van der Waals surface area contributed by atoms with Gasteiger partial charge in [-0.15, -0.1) is 11.3 Å². The predicted octanol–water partition coefficient (Wildman–Crippen LogP) is 5.73. The van der Waals surface area contributed by atoms with E-state index in [1.165, 1.54) is 17.4 Å². The van der Waals surface area contributed by atoms with E-state index in [9.17, 15) is 9.90 Å². The first-order valence-electron chi connectivity index (χ1n) is 15.9. The molecule has 244 valence electrons. The minimum atomic E-state index is -1.19. The van der Waals surface area contributed by atoms with Crippen LogP contribution in [0.25, 0.3) is 21.5 Å². The number of aliphatic hydroxyl groups is 1. The van der Waals surface area contributed by atoms with Gasteiger partial charge < -0.3 is 24.4 Å². The Morgan fingerprint density at radius 1 is 1.22 bits per heavy atom. The summed E-state index contributed by atoms with van der Waals surface area (Å²) >= 11 is 7.76. The average Bonchev–Trinajstić information content (AvgIpc) is 3.65. The number of fused-ring (bicyclic) bond motifs is 1. The largest absolute Gasteiger partial charge is 0.383 e. The summed E-state index contributed by atoms with van der Waals surface area (Å²) in [4.78, 5) is 23.7. The number of hydrogen-bond donors (Lipinski definition) is 2. The number of ether oxygens (including phenoxy) is 2. The van der Waals surface area contributed by atoms with Crippen molar-refractivity contribution in [3.05, 3.63) is 62.8 Å². The van der Waals surface area contributed by atoms with Gasteiger partial charge in [-0.25, -0.2) is 9.37 Å². The number of carbonyl (C=O) groups is 1. The summed E-state index contributed by atoms with van der Waals surface area (Å²) in [5.74, 6) is 0.302. The molecule has 1 amide bonds. The van der Waals surface area contributed by atoms with Crippen LogP contribution in [-0.2, 0) is 21.7 Å². The van der Waals surface area contributed by atoms with Gasteiger partial charge in [0.05, 0.1) is 35.6 Å².